The zero-order valence-electron chi connectivity index (χ0n) is 13.0. The molecule has 0 spiro atoms. The Kier molecular flexibility index (Phi) is 4.70. The molecule has 1 aliphatic rings. The van der Waals surface area contributed by atoms with Crippen LogP contribution in [0.15, 0.2) is 28.8 Å². The third-order valence-electron chi connectivity index (χ3n) is 3.76. The molecule has 3 rings (SSSR count). The lowest BCUT2D eigenvalue weighted by atomic mass is 10.2. The zero-order valence-corrected chi connectivity index (χ0v) is 13.0. The smallest absolute Gasteiger partial charge is 0.241 e. The van der Waals surface area contributed by atoms with E-state index < -0.39 is 0 Å². The summed E-state index contributed by atoms with van der Waals surface area (Å²) in [5.74, 6) is 2.03. The first-order valence-corrected chi connectivity index (χ1v) is 7.52. The summed E-state index contributed by atoms with van der Waals surface area (Å²) in [4.78, 5) is 6.60. The molecular weight excluding hydrogens is 282 g/mol. The van der Waals surface area contributed by atoms with Crippen molar-refractivity contribution in [1.82, 2.24) is 15.0 Å². The lowest BCUT2D eigenvalue weighted by Crippen LogP contribution is -2.28. The lowest BCUT2D eigenvalue weighted by molar-refractivity contribution is 0.0763. The minimum atomic E-state index is 0.328. The molecule has 0 N–H and O–H groups in total. The summed E-state index contributed by atoms with van der Waals surface area (Å²) < 4.78 is 16.1. The van der Waals surface area contributed by atoms with Crippen molar-refractivity contribution in [2.75, 3.05) is 27.3 Å². The Morgan fingerprint density at radius 1 is 1.32 bits per heavy atom. The molecule has 2 heterocycles. The summed E-state index contributed by atoms with van der Waals surface area (Å²) in [5.41, 5.74) is 0.914. The number of aromatic nitrogens is 2. The van der Waals surface area contributed by atoms with Crippen LogP contribution < -0.4 is 4.74 Å². The lowest BCUT2D eigenvalue weighted by Gasteiger charge is -2.18. The molecular formula is C16H21N3O3. The number of likely N-dealkylation sites (N-methyl/N-ethyl adjacent to an activating group) is 1. The van der Waals surface area contributed by atoms with E-state index in [1.807, 2.05) is 31.3 Å². The minimum Gasteiger partial charge on any atom is -0.497 e. The van der Waals surface area contributed by atoms with E-state index in [0.717, 1.165) is 37.3 Å². The van der Waals surface area contributed by atoms with Crippen LogP contribution in [0.25, 0.3) is 11.4 Å². The van der Waals surface area contributed by atoms with E-state index in [1.165, 1.54) is 0 Å². The standard InChI is InChI=1S/C16H21N3O3/c1-19(10-14-4-3-9-21-14)11-15-17-16(18-22-15)12-5-7-13(20-2)8-6-12/h5-8,14H,3-4,9-11H2,1-2H3. The van der Waals surface area contributed by atoms with Crippen molar-refractivity contribution < 1.29 is 14.0 Å². The van der Waals surface area contributed by atoms with Crippen molar-refractivity contribution in [1.29, 1.82) is 0 Å². The molecule has 0 bridgehead atoms. The maximum Gasteiger partial charge on any atom is 0.241 e. The van der Waals surface area contributed by atoms with Gasteiger partial charge >= 0.3 is 0 Å². The van der Waals surface area contributed by atoms with Crippen LogP contribution in [0.3, 0.4) is 0 Å². The summed E-state index contributed by atoms with van der Waals surface area (Å²) >= 11 is 0. The fourth-order valence-electron chi connectivity index (χ4n) is 2.61. The van der Waals surface area contributed by atoms with Crippen LogP contribution in [0.5, 0.6) is 5.75 Å². The quantitative estimate of drug-likeness (QED) is 0.816. The number of rotatable bonds is 6. The highest BCUT2D eigenvalue weighted by Gasteiger charge is 2.19. The molecule has 22 heavy (non-hydrogen) atoms. The van der Waals surface area contributed by atoms with E-state index in [4.69, 9.17) is 14.0 Å². The summed E-state index contributed by atoms with van der Waals surface area (Å²) in [6.07, 6.45) is 2.61. The van der Waals surface area contributed by atoms with Gasteiger partial charge < -0.3 is 14.0 Å². The van der Waals surface area contributed by atoms with Gasteiger partial charge in [-0.2, -0.15) is 4.98 Å². The van der Waals surface area contributed by atoms with E-state index >= 15 is 0 Å². The van der Waals surface area contributed by atoms with Gasteiger partial charge in [-0.25, -0.2) is 0 Å². The van der Waals surface area contributed by atoms with Crippen LogP contribution in [-0.2, 0) is 11.3 Å². The van der Waals surface area contributed by atoms with Crippen molar-refractivity contribution in [2.45, 2.75) is 25.5 Å². The molecule has 1 saturated heterocycles. The van der Waals surface area contributed by atoms with E-state index in [9.17, 15) is 0 Å². The topological polar surface area (TPSA) is 60.6 Å². The van der Waals surface area contributed by atoms with Gasteiger partial charge in [-0.3, -0.25) is 4.90 Å². The fourth-order valence-corrected chi connectivity index (χ4v) is 2.61. The van der Waals surface area contributed by atoms with E-state index in [2.05, 4.69) is 15.0 Å². The van der Waals surface area contributed by atoms with Crippen LogP contribution >= 0.6 is 0 Å². The van der Waals surface area contributed by atoms with Crippen molar-refractivity contribution in [3.05, 3.63) is 30.2 Å². The van der Waals surface area contributed by atoms with Gasteiger partial charge in [0.25, 0.3) is 0 Å². The third-order valence-corrected chi connectivity index (χ3v) is 3.76. The molecule has 1 atom stereocenters. The van der Waals surface area contributed by atoms with Gasteiger partial charge in [-0.15, -0.1) is 0 Å². The van der Waals surface area contributed by atoms with Crippen molar-refractivity contribution in [3.8, 4) is 17.1 Å². The zero-order chi connectivity index (χ0) is 15.4. The molecule has 1 fully saturated rings. The Bertz CT molecular complexity index is 591. The Labute approximate surface area is 130 Å². The van der Waals surface area contributed by atoms with Crippen molar-refractivity contribution >= 4 is 0 Å². The first-order chi connectivity index (χ1) is 10.7. The van der Waals surface area contributed by atoms with Crippen LogP contribution in [-0.4, -0.2) is 48.5 Å². The van der Waals surface area contributed by atoms with E-state index in [-0.39, 0.29) is 0 Å². The summed E-state index contributed by atoms with van der Waals surface area (Å²) in [6, 6.07) is 7.61. The summed E-state index contributed by atoms with van der Waals surface area (Å²) in [7, 11) is 3.68. The number of hydrogen-bond acceptors (Lipinski definition) is 6. The number of methoxy groups -OCH3 is 1. The van der Waals surface area contributed by atoms with E-state index in [1.54, 1.807) is 7.11 Å². The molecule has 118 valence electrons. The highest BCUT2D eigenvalue weighted by molar-refractivity contribution is 5.55. The monoisotopic (exact) mass is 303 g/mol. The Balaban J connectivity index is 1.60. The molecule has 1 aromatic heterocycles. The second kappa shape index (κ2) is 6.89. The summed E-state index contributed by atoms with van der Waals surface area (Å²) in [6.45, 7) is 2.39. The van der Waals surface area contributed by atoms with Gasteiger partial charge in [0, 0.05) is 18.7 Å². The summed E-state index contributed by atoms with van der Waals surface area (Å²) in [5, 5.41) is 4.04. The Hall–Kier alpha value is -1.92. The molecule has 0 radical (unpaired) electrons. The predicted octanol–water partition coefficient (Wildman–Crippen LogP) is 2.36. The number of ether oxygens (including phenoxy) is 2. The van der Waals surface area contributed by atoms with Crippen LogP contribution in [0.4, 0.5) is 0 Å². The largest absolute Gasteiger partial charge is 0.497 e. The molecule has 0 aliphatic carbocycles. The Morgan fingerprint density at radius 2 is 2.14 bits per heavy atom. The highest BCUT2D eigenvalue weighted by Crippen LogP contribution is 2.20. The van der Waals surface area contributed by atoms with Gasteiger partial charge in [-0.1, -0.05) is 5.16 Å². The maximum atomic E-state index is 5.64. The van der Waals surface area contributed by atoms with Crippen LogP contribution in [0.2, 0.25) is 0 Å². The number of benzene rings is 1. The second-order valence-corrected chi connectivity index (χ2v) is 5.57. The van der Waals surface area contributed by atoms with Gasteiger partial charge in [-0.05, 0) is 44.2 Å². The Morgan fingerprint density at radius 3 is 2.82 bits per heavy atom. The average Bonchev–Trinajstić information content (AvgIpc) is 3.19. The van der Waals surface area contributed by atoms with Crippen LogP contribution in [0, 0.1) is 0 Å². The molecule has 1 unspecified atom stereocenters. The number of hydrogen-bond donors (Lipinski definition) is 0. The molecule has 0 amide bonds. The van der Waals surface area contributed by atoms with Gasteiger partial charge in [0.15, 0.2) is 0 Å². The first-order valence-electron chi connectivity index (χ1n) is 7.52. The SMILES string of the molecule is COc1ccc(-c2noc(CN(C)CC3CCCO3)n2)cc1. The van der Waals surface area contributed by atoms with E-state index in [0.29, 0.717) is 24.4 Å². The predicted molar refractivity (Wildman–Crippen MR) is 81.6 cm³/mol. The first kappa shape index (κ1) is 15.0. The minimum absolute atomic E-state index is 0.328. The average molecular weight is 303 g/mol. The van der Waals surface area contributed by atoms with Crippen molar-refractivity contribution in [2.24, 2.45) is 0 Å². The highest BCUT2D eigenvalue weighted by atomic mass is 16.5. The molecule has 1 aromatic carbocycles. The van der Waals surface area contributed by atoms with Crippen LogP contribution in [0.1, 0.15) is 18.7 Å². The maximum absolute atomic E-state index is 5.64. The molecule has 1 aliphatic heterocycles. The second-order valence-electron chi connectivity index (χ2n) is 5.57. The third kappa shape index (κ3) is 3.64. The van der Waals surface area contributed by atoms with Crippen molar-refractivity contribution in [3.63, 3.8) is 0 Å². The molecule has 0 saturated carbocycles. The fraction of sp³-hybridized carbons (Fsp3) is 0.500. The molecule has 6 nitrogen and oxygen atoms in total. The van der Waals surface area contributed by atoms with Gasteiger partial charge in [0.1, 0.15) is 5.75 Å². The number of nitrogens with zero attached hydrogens (tertiary/aromatic N) is 3. The normalized spacial score (nSPS) is 18.0. The molecule has 6 heteroatoms. The molecule has 2 aromatic rings. The van der Waals surface area contributed by atoms with Gasteiger partial charge in [0.2, 0.25) is 11.7 Å². The van der Waals surface area contributed by atoms with Gasteiger partial charge in [0.05, 0.1) is 19.8 Å².